The third-order valence-corrected chi connectivity index (χ3v) is 6.06. The van der Waals surface area contributed by atoms with Gasteiger partial charge in [0, 0.05) is 30.9 Å². The Bertz CT molecular complexity index is 1030. The maximum absolute atomic E-state index is 13.4. The Balaban J connectivity index is 1.59. The smallest absolute Gasteiger partial charge is 0.272 e. The molecule has 3 aromatic rings. The van der Waals surface area contributed by atoms with E-state index in [1.807, 2.05) is 36.5 Å². The quantitative estimate of drug-likeness (QED) is 0.719. The van der Waals surface area contributed by atoms with Crippen LogP contribution < -0.4 is 0 Å². The Morgan fingerprint density at radius 1 is 1.28 bits per heavy atom. The van der Waals surface area contributed by atoms with Crippen LogP contribution in [0.2, 0.25) is 0 Å². The van der Waals surface area contributed by atoms with Gasteiger partial charge in [0.15, 0.2) is 0 Å². The van der Waals surface area contributed by atoms with E-state index in [-0.39, 0.29) is 11.9 Å². The Labute approximate surface area is 171 Å². The van der Waals surface area contributed by atoms with Gasteiger partial charge < -0.3 is 4.90 Å². The lowest BCUT2D eigenvalue weighted by molar-refractivity contribution is 0.0655. The molecule has 6 nitrogen and oxygen atoms in total. The van der Waals surface area contributed by atoms with Gasteiger partial charge in [0.25, 0.3) is 5.91 Å². The number of carbonyl (C=O) groups is 1. The highest BCUT2D eigenvalue weighted by molar-refractivity contribution is 5.93. The summed E-state index contributed by atoms with van der Waals surface area (Å²) in [5.74, 6) is 0.0363. The molecular formula is C23H29N5O. The number of fused-ring (bicyclic) bond motifs is 1. The molecule has 1 unspecified atom stereocenters. The summed E-state index contributed by atoms with van der Waals surface area (Å²) >= 11 is 0. The fraction of sp³-hybridized carbons (Fsp3) is 0.435. The molecule has 0 saturated heterocycles. The van der Waals surface area contributed by atoms with Gasteiger partial charge in [0.2, 0.25) is 0 Å². The maximum atomic E-state index is 13.4. The average Bonchev–Trinajstić information content (AvgIpc) is 3.29. The second-order valence-corrected chi connectivity index (χ2v) is 8.00. The molecule has 4 rings (SSSR count). The number of rotatable bonds is 5. The summed E-state index contributed by atoms with van der Waals surface area (Å²) in [5, 5.41) is 11.9. The van der Waals surface area contributed by atoms with Gasteiger partial charge >= 0.3 is 0 Å². The van der Waals surface area contributed by atoms with Gasteiger partial charge in [-0.15, -0.1) is 0 Å². The lowest BCUT2D eigenvalue weighted by Crippen LogP contribution is -2.44. The molecule has 0 aliphatic heterocycles. The fourth-order valence-electron chi connectivity index (χ4n) is 4.49. The minimum atomic E-state index is 0.0363. The molecule has 6 heteroatoms. The largest absolute Gasteiger partial charge is 0.334 e. The summed E-state index contributed by atoms with van der Waals surface area (Å²) in [6, 6.07) is 10.7. The van der Waals surface area contributed by atoms with Crippen LogP contribution in [-0.4, -0.2) is 43.4 Å². The number of nitrogens with one attached hydrogen (secondary N) is 1. The van der Waals surface area contributed by atoms with Crippen molar-refractivity contribution in [2.45, 2.75) is 52.5 Å². The zero-order valence-corrected chi connectivity index (χ0v) is 17.7. The van der Waals surface area contributed by atoms with Crippen molar-refractivity contribution < 1.29 is 4.79 Å². The van der Waals surface area contributed by atoms with Crippen LogP contribution in [0.15, 0.2) is 30.3 Å². The minimum Gasteiger partial charge on any atom is -0.334 e. The molecule has 0 spiro atoms. The Hall–Kier alpha value is -2.89. The van der Waals surface area contributed by atoms with E-state index in [0.717, 1.165) is 54.9 Å². The van der Waals surface area contributed by atoms with Crippen molar-refractivity contribution in [1.29, 1.82) is 0 Å². The first-order valence-electron chi connectivity index (χ1n) is 10.4. The first kappa shape index (κ1) is 19.4. The van der Waals surface area contributed by atoms with E-state index in [9.17, 15) is 4.79 Å². The number of aromatic nitrogens is 4. The van der Waals surface area contributed by atoms with Gasteiger partial charge in [-0.05, 0) is 56.7 Å². The van der Waals surface area contributed by atoms with Crippen molar-refractivity contribution in [2.24, 2.45) is 7.05 Å². The van der Waals surface area contributed by atoms with Crippen LogP contribution in [0.25, 0.3) is 11.3 Å². The molecule has 0 bridgehead atoms. The van der Waals surface area contributed by atoms with Crippen molar-refractivity contribution in [3.63, 3.8) is 0 Å². The number of aromatic amines is 1. The predicted molar refractivity (Wildman–Crippen MR) is 114 cm³/mol. The van der Waals surface area contributed by atoms with Crippen LogP contribution in [0.5, 0.6) is 0 Å². The molecule has 1 aromatic carbocycles. The Morgan fingerprint density at radius 3 is 2.72 bits per heavy atom. The Morgan fingerprint density at radius 2 is 2.03 bits per heavy atom. The maximum Gasteiger partial charge on any atom is 0.272 e. The summed E-state index contributed by atoms with van der Waals surface area (Å²) in [6.45, 7) is 6.87. The number of hydrogen-bond donors (Lipinski definition) is 1. The van der Waals surface area contributed by atoms with Crippen molar-refractivity contribution in [2.75, 3.05) is 6.54 Å². The average molecular weight is 392 g/mol. The molecule has 1 aliphatic carbocycles. The molecule has 2 heterocycles. The number of carbonyl (C=O) groups excluding carboxylic acids is 1. The summed E-state index contributed by atoms with van der Waals surface area (Å²) in [5.41, 5.74) is 7.07. The third-order valence-electron chi connectivity index (χ3n) is 6.06. The molecule has 152 valence electrons. The predicted octanol–water partition coefficient (Wildman–Crippen LogP) is 3.84. The number of nitrogens with zero attached hydrogens (tertiary/aromatic N) is 4. The SMILES string of the molecule is CCCN(C(=O)c1cc(-c2c(C)nn(C)c2C)n[nH]1)C1CCc2ccccc2C1. The number of benzene rings is 1. The molecule has 0 radical (unpaired) electrons. The van der Waals surface area contributed by atoms with Gasteiger partial charge in [-0.1, -0.05) is 31.2 Å². The van der Waals surface area contributed by atoms with Crippen molar-refractivity contribution >= 4 is 5.91 Å². The van der Waals surface area contributed by atoms with Gasteiger partial charge in [-0.3, -0.25) is 14.6 Å². The van der Waals surface area contributed by atoms with E-state index in [2.05, 4.69) is 46.5 Å². The van der Waals surface area contributed by atoms with Gasteiger partial charge in [0.05, 0.1) is 11.4 Å². The van der Waals surface area contributed by atoms with Crippen LogP contribution >= 0.6 is 0 Å². The molecule has 1 atom stereocenters. The first-order chi connectivity index (χ1) is 14.0. The normalized spacial score (nSPS) is 15.9. The summed E-state index contributed by atoms with van der Waals surface area (Å²) in [7, 11) is 1.93. The van der Waals surface area contributed by atoms with Crippen molar-refractivity contribution in [3.05, 3.63) is 58.5 Å². The summed E-state index contributed by atoms with van der Waals surface area (Å²) in [6.07, 6.45) is 3.89. The molecule has 1 aliphatic rings. The second-order valence-electron chi connectivity index (χ2n) is 8.00. The zero-order chi connectivity index (χ0) is 20.5. The van der Waals surface area contributed by atoms with E-state index in [1.165, 1.54) is 11.1 Å². The van der Waals surface area contributed by atoms with E-state index in [0.29, 0.717) is 5.69 Å². The van der Waals surface area contributed by atoms with E-state index < -0.39 is 0 Å². The molecule has 1 amide bonds. The number of amides is 1. The van der Waals surface area contributed by atoms with Gasteiger partial charge in [0.1, 0.15) is 5.69 Å². The molecular weight excluding hydrogens is 362 g/mol. The summed E-state index contributed by atoms with van der Waals surface area (Å²) in [4.78, 5) is 15.4. The van der Waals surface area contributed by atoms with Gasteiger partial charge in [-0.25, -0.2) is 0 Å². The van der Waals surface area contributed by atoms with E-state index in [4.69, 9.17) is 0 Å². The van der Waals surface area contributed by atoms with Crippen molar-refractivity contribution in [3.8, 4) is 11.3 Å². The Kier molecular flexibility index (Phi) is 5.26. The highest BCUT2D eigenvalue weighted by atomic mass is 16.2. The zero-order valence-electron chi connectivity index (χ0n) is 17.7. The molecule has 0 fully saturated rings. The third kappa shape index (κ3) is 3.59. The molecule has 2 aromatic heterocycles. The second kappa shape index (κ2) is 7.85. The van der Waals surface area contributed by atoms with Gasteiger partial charge in [-0.2, -0.15) is 10.2 Å². The van der Waals surface area contributed by atoms with Crippen LogP contribution in [0, 0.1) is 13.8 Å². The highest BCUT2D eigenvalue weighted by Gasteiger charge is 2.29. The number of aryl methyl sites for hydroxylation is 3. The van der Waals surface area contributed by atoms with Crippen LogP contribution in [-0.2, 0) is 19.9 Å². The topological polar surface area (TPSA) is 66.8 Å². The van der Waals surface area contributed by atoms with Crippen LogP contribution in [0.1, 0.15) is 52.8 Å². The van der Waals surface area contributed by atoms with E-state index in [1.54, 1.807) is 0 Å². The van der Waals surface area contributed by atoms with Crippen molar-refractivity contribution in [1.82, 2.24) is 24.9 Å². The first-order valence-corrected chi connectivity index (χ1v) is 10.4. The lowest BCUT2D eigenvalue weighted by Gasteiger charge is -2.35. The molecule has 29 heavy (non-hydrogen) atoms. The number of hydrogen-bond acceptors (Lipinski definition) is 3. The monoisotopic (exact) mass is 391 g/mol. The molecule has 0 saturated carbocycles. The number of H-pyrrole nitrogens is 1. The lowest BCUT2D eigenvalue weighted by atomic mass is 9.87. The van der Waals surface area contributed by atoms with Crippen LogP contribution in [0.3, 0.4) is 0 Å². The minimum absolute atomic E-state index is 0.0363. The highest BCUT2D eigenvalue weighted by Crippen LogP contribution is 2.28. The van der Waals surface area contributed by atoms with Crippen LogP contribution in [0.4, 0.5) is 0 Å². The summed E-state index contributed by atoms with van der Waals surface area (Å²) < 4.78 is 1.85. The standard InChI is InChI=1S/C23H29N5O/c1-5-12-28(19-11-10-17-8-6-7-9-18(17)13-19)23(29)21-14-20(24-25-21)22-15(2)26-27(4)16(22)3/h6-9,14,19H,5,10-13H2,1-4H3,(H,24,25). The molecule has 1 N–H and O–H groups in total. The van der Waals surface area contributed by atoms with E-state index >= 15 is 0 Å². The fourth-order valence-corrected chi connectivity index (χ4v) is 4.49.